The highest BCUT2D eigenvalue weighted by Gasteiger charge is 2.24. The molecule has 2 aromatic rings. The largest absolute Gasteiger partial charge is 0.323 e. The van der Waals surface area contributed by atoms with Crippen LogP contribution in [-0.2, 0) is 17.8 Å². The van der Waals surface area contributed by atoms with Crippen molar-refractivity contribution in [3.63, 3.8) is 0 Å². The van der Waals surface area contributed by atoms with Gasteiger partial charge in [-0.05, 0) is 25.0 Å². The van der Waals surface area contributed by atoms with Gasteiger partial charge >= 0.3 is 0 Å². The summed E-state index contributed by atoms with van der Waals surface area (Å²) in [4.78, 5) is 14.2. The summed E-state index contributed by atoms with van der Waals surface area (Å²) in [6.07, 6.45) is 2.63. The first kappa shape index (κ1) is 12.8. The van der Waals surface area contributed by atoms with E-state index < -0.39 is 0 Å². The second-order valence-electron chi connectivity index (χ2n) is 5.05. The van der Waals surface area contributed by atoms with E-state index in [1.807, 2.05) is 30.0 Å². The molecule has 0 bridgehead atoms. The summed E-state index contributed by atoms with van der Waals surface area (Å²) in [5, 5.41) is 7.90. The molecule has 2 heterocycles. The first-order chi connectivity index (χ1) is 9.65. The summed E-state index contributed by atoms with van der Waals surface area (Å²) < 4.78 is 1.54. The number of nitrogens with zero attached hydrogens (tertiary/aromatic N) is 4. The fourth-order valence-corrected chi connectivity index (χ4v) is 2.42. The quantitative estimate of drug-likeness (QED) is 0.899. The minimum absolute atomic E-state index is 0.0241. The summed E-state index contributed by atoms with van der Waals surface area (Å²) in [6.45, 7) is 2.76. The van der Waals surface area contributed by atoms with Crippen molar-refractivity contribution in [1.29, 1.82) is 0 Å². The van der Waals surface area contributed by atoms with Gasteiger partial charge in [0.1, 0.15) is 6.54 Å². The molecule has 1 aliphatic heterocycles. The number of carbonyl (C=O) groups is 1. The van der Waals surface area contributed by atoms with E-state index in [0.717, 1.165) is 18.7 Å². The molecule has 0 saturated carbocycles. The van der Waals surface area contributed by atoms with Crippen molar-refractivity contribution in [2.24, 2.45) is 5.73 Å². The van der Waals surface area contributed by atoms with Gasteiger partial charge in [0.05, 0.1) is 11.9 Å². The van der Waals surface area contributed by atoms with Crippen LogP contribution in [0.5, 0.6) is 0 Å². The van der Waals surface area contributed by atoms with Crippen molar-refractivity contribution >= 4 is 11.6 Å². The number of amides is 1. The number of anilines is 1. The van der Waals surface area contributed by atoms with Gasteiger partial charge in [-0.25, -0.2) is 4.68 Å². The van der Waals surface area contributed by atoms with Crippen molar-refractivity contribution in [1.82, 2.24) is 15.0 Å². The van der Waals surface area contributed by atoms with Gasteiger partial charge in [0.25, 0.3) is 0 Å². The van der Waals surface area contributed by atoms with Crippen molar-refractivity contribution in [3.8, 4) is 0 Å². The minimum Gasteiger partial charge on any atom is -0.323 e. The smallest absolute Gasteiger partial charge is 0.248 e. The van der Waals surface area contributed by atoms with E-state index in [-0.39, 0.29) is 18.5 Å². The van der Waals surface area contributed by atoms with Crippen molar-refractivity contribution in [2.45, 2.75) is 25.9 Å². The zero-order valence-corrected chi connectivity index (χ0v) is 11.4. The van der Waals surface area contributed by atoms with E-state index in [1.165, 1.54) is 5.56 Å². The number of nitrogens with two attached hydrogens (primary N) is 1. The van der Waals surface area contributed by atoms with E-state index in [4.69, 9.17) is 5.73 Å². The summed E-state index contributed by atoms with van der Waals surface area (Å²) in [5.41, 5.74) is 8.65. The van der Waals surface area contributed by atoms with Crippen LogP contribution in [0, 0.1) is 0 Å². The highest BCUT2D eigenvalue weighted by molar-refractivity contribution is 5.95. The molecule has 1 aliphatic rings. The molecule has 0 radical (unpaired) electrons. The topological polar surface area (TPSA) is 77.0 Å². The fraction of sp³-hybridized carbons (Fsp3) is 0.357. The highest BCUT2D eigenvalue weighted by atomic mass is 16.2. The number of benzene rings is 1. The predicted octanol–water partition coefficient (Wildman–Crippen LogP) is 0.887. The first-order valence-electron chi connectivity index (χ1n) is 6.69. The summed E-state index contributed by atoms with van der Waals surface area (Å²) in [7, 11) is 0. The third-order valence-corrected chi connectivity index (χ3v) is 3.51. The summed E-state index contributed by atoms with van der Waals surface area (Å²) >= 11 is 0. The minimum atomic E-state index is -0.175. The standard InChI is InChI=1S/C14H17N5O/c1-10(15)12-8-18(17-16-12)9-14(20)19-7-6-11-4-2-3-5-13(11)19/h2-5,8,10H,6-7,9,15H2,1H3. The van der Waals surface area contributed by atoms with Gasteiger partial charge in [0.2, 0.25) is 5.91 Å². The molecule has 1 atom stereocenters. The highest BCUT2D eigenvalue weighted by Crippen LogP contribution is 2.27. The zero-order chi connectivity index (χ0) is 14.1. The van der Waals surface area contributed by atoms with Gasteiger partial charge in [-0.2, -0.15) is 0 Å². The number of aromatic nitrogens is 3. The van der Waals surface area contributed by atoms with E-state index in [1.54, 1.807) is 10.9 Å². The lowest BCUT2D eigenvalue weighted by atomic mass is 10.2. The normalized spacial score (nSPS) is 15.2. The molecule has 0 aliphatic carbocycles. The number of carbonyl (C=O) groups excluding carboxylic acids is 1. The van der Waals surface area contributed by atoms with Gasteiger partial charge < -0.3 is 10.6 Å². The Morgan fingerprint density at radius 1 is 1.45 bits per heavy atom. The van der Waals surface area contributed by atoms with Crippen molar-refractivity contribution < 1.29 is 4.79 Å². The number of fused-ring (bicyclic) bond motifs is 1. The Morgan fingerprint density at radius 3 is 3.00 bits per heavy atom. The third-order valence-electron chi connectivity index (χ3n) is 3.51. The Morgan fingerprint density at radius 2 is 2.25 bits per heavy atom. The van der Waals surface area contributed by atoms with Crippen LogP contribution in [0.15, 0.2) is 30.5 Å². The molecule has 1 unspecified atom stereocenters. The lowest BCUT2D eigenvalue weighted by Crippen LogP contribution is -2.32. The average molecular weight is 271 g/mol. The van der Waals surface area contributed by atoms with Crippen LogP contribution < -0.4 is 10.6 Å². The Balaban J connectivity index is 1.74. The average Bonchev–Trinajstić information content (AvgIpc) is 3.04. The maximum Gasteiger partial charge on any atom is 0.248 e. The third kappa shape index (κ3) is 2.30. The molecule has 1 aromatic carbocycles. The molecular weight excluding hydrogens is 254 g/mol. The van der Waals surface area contributed by atoms with Gasteiger partial charge in [-0.15, -0.1) is 5.10 Å². The van der Waals surface area contributed by atoms with Gasteiger partial charge in [0.15, 0.2) is 0 Å². The van der Waals surface area contributed by atoms with Crippen LogP contribution in [0.4, 0.5) is 5.69 Å². The molecule has 1 aromatic heterocycles. The molecular formula is C14H17N5O. The zero-order valence-electron chi connectivity index (χ0n) is 11.4. The maximum absolute atomic E-state index is 12.4. The Bertz CT molecular complexity index is 634. The molecule has 20 heavy (non-hydrogen) atoms. The maximum atomic E-state index is 12.4. The van der Waals surface area contributed by atoms with Crippen molar-refractivity contribution in [2.75, 3.05) is 11.4 Å². The Hall–Kier alpha value is -2.21. The molecule has 0 saturated heterocycles. The molecule has 6 nitrogen and oxygen atoms in total. The lowest BCUT2D eigenvalue weighted by Gasteiger charge is -2.16. The van der Waals surface area contributed by atoms with Gasteiger partial charge in [-0.3, -0.25) is 4.79 Å². The van der Waals surface area contributed by atoms with Gasteiger partial charge in [-0.1, -0.05) is 23.4 Å². The Labute approximate surface area is 117 Å². The SMILES string of the molecule is CC(N)c1cn(CC(=O)N2CCc3ccccc32)nn1. The van der Waals surface area contributed by atoms with E-state index >= 15 is 0 Å². The molecule has 0 fully saturated rings. The van der Waals surface area contributed by atoms with Crippen LogP contribution in [0.25, 0.3) is 0 Å². The molecule has 3 rings (SSSR count). The summed E-state index contributed by atoms with van der Waals surface area (Å²) in [5.74, 6) is 0.0241. The number of hydrogen-bond donors (Lipinski definition) is 1. The number of rotatable bonds is 3. The lowest BCUT2D eigenvalue weighted by molar-refractivity contribution is -0.119. The van der Waals surface area contributed by atoms with Crippen molar-refractivity contribution in [3.05, 3.63) is 41.7 Å². The molecule has 6 heteroatoms. The molecule has 104 valence electrons. The monoisotopic (exact) mass is 271 g/mol. The van der Waals surface area contributed by atoms with E-state index in [9.17, 15) is 4.79 Å². The predicted molar refractivity (Wildman–Crippen MR) is 75.1 cm³/mol. The van der Waals surface area contributed by atoms with Crippen LogP contribution in [0.3, 0.4) is 0 Å². The number of hydrogen-bond acceptors (Lipinski definition) is 4. The second kappa shape index (κ2) is 5.05. The van der Waals surface area contributed by atoms with Gasteiger partial charge in [0, 0.05) is 18.3 Å². The number of para-hydroxylation sites is 1. The fourth-order valence-electron chi connectivity index (χ4n) is 2.42. The molecule has 2 N–H and O–H groups in total. The van der Waals surface area contributed by atoms with Crippen LogP contribution in [0.1, 0.15) is 24.2 Å². The first-order valence-corrected chi connectivity index (χ1v) is 6.69. The van der Waals surface area contributed by atoms with E-state index in [2.05, 4.69) is 16.4 Å². The summed E-state index contributed by atoms with van der Waals surface area (Å²) in [6, 6.07) is 7.82. The molecule has 1 amide bonds. The van der Waals surface area contributed by atoms with Crippen LogP contribution >= 0.6 is 0 Å². The van der Waals surface area contributed by atoms with Crippen LogP contribution in [-0.4, -0.2) is 27.4 Å². The van der Waals surface area contributed by atoms with Crippen LogP contribution in [0.2, 0.25) is 0 Å². The van der Waals surface area contributed by atoms with E-state index in [0.29, 0.717) is 5.69 Å². The second-order valence-corrected chi connectivity index (χ2v) is 5.05. The molecule has 0 spiro atoms. The Kier molecular flexibility index (Phi) is 3.23.